The Morgan fingerprint density at radius 1 is 1.29 bits per heavy atom. The van der Waals surface area contributed by atoms with Crippen LogP contribution in [0.25, 0.3) is 0 Å². The van der Waals surface area contributed by atoms with Gasteiger partial charge in [-0.15, -0.1) is 0 Å². The first-order valence-electron chi connectivity index (χ1n) is 7.37. The summed E-state index contributed by atoms with van der Waals surface area (Å²) >= 11 is 12.2. The summed E-state index contributed by atoms with van der Waals surface area (Å²) in [7, 11) is 0. The van der Waals surface area contributed by atoms with Gasteiger partial charge in [-0.3, -0.25) is 9.48 Å². The van der Waals surface area contributed by atoms with Gasteiger partial charge in [0.25, 0.3) is 0 Å². The zero-order chi connectivity index (χ0) is 17.4. The van der Waals surface area contributed by atoms with E-state index in [1.165, 1.54) is 10.7 Å². The number of rotatable bonds is 3. The number of amides is 1. The van der Waals surface area contributed by atoms with E-state index in [1.54, 1.807) is 17.9 Å². The Bertz CT molecular complexity index is 832. The largest absolute Gasteiger partial charge is 0.476 e. The Morgan fingerprint density at radius 2 is 2.04 bits per heavy atom. The quantitative estimate of drug-likeness (QED) is 0.904. The van der Waals surface area contributed by atoms with Crippen LogP contribution in [0.15, 0.2) is 18.2 Å². The van der Waals surface area contributed by atoms with Crippen LogP contribution in [0.1, 0.15) is 27.3 Å². The molecule has 1 N–H and O–H groups in total. The van der Waals surface area contributed by atoms with E-state index in [-0.39, 0.29) is 18.1 Å². The second-order valence-electron chi connectivity index (χ2n) is 5.72. The number of benzene rings is 1. The molecular weight excluding hydrogens is 353 g/mol. The number of halogens is 2. The molecule has 0 aliphatic carbocycles. The minimum atomic E-state index is -1.11. The van der Waals surface area contributed by atoms with Crippen molar-refractivity contribution in [2.75, 3.05) is 6.54 Å². The van der Waals surface area contributed by atoms with Crippen LogP contribution in [0.2, 0.25) is 10.0 Å². The lowest BCUT2D eigenvalue weighted by Crippen LogP contribution is -2.38. The minimum absolute atomic E-state index is 0.000342. The van der Waals surface area contributed by atoms with E-state index >= 15 is 0 Å². The fourth-order valence-electron chi connectivity index (χ4n) is 2.80. The van der Waals surface area contributed by atoms with E-state index in [1.807, 2.05) is 6.07 Å². The van der Waals surface area contributed by atoms with Crippen LogP contribution >= 0.6 is 23.2 Å². The standard InChI is InChI=1S/C16H15Cl2N3O3/c1-9-4-14(16(23)24)19-21(9)8-15(22)20-3-2-10-5-11(17)6-13(18)12(10)7-20/h4-6H,2-3,7-8H2,1H3,(H,23,24). The van der Waals surface area contributed by atoms with Gasteiger partial charge in [0, 0.05) is 28.8 Å². The number of hydrogen-bond donors (Lipinski definition) is 1. The fourth-order valence-corrected chi connectivity index (χ4v) is 3.39. The first-order chi connectivity index (χ1) is 11.3. The van der Waals surface area contributed by atoms with Crippen LogP contribution in [-0.4, -0.2) is 38.2 Å². The molecule has 3 rings (SSSR count). The molecule has 0 bridgehead atoms. The molecular formula is C16H15Cl2N3O3. The van der Waals surface area contributed by atoms with Crippen LogP contribution in [0.3, 0.4) is 0 Å². The topological polar surface area (TPSA) is 75.4 Å². The summed E-state index contributed by atoms with van der Waals surface area (Å²) in [5, 5.41) is 14.1. The first kappa shape index (κ1) is 16.8. The van der Waals surface area contributed by atoms with Gasteiger partial charge in [0.05, 0.1) is 0 Å². The Labute approximate surface area is 148 Å². The fraction of sp³-hybridized carbons (Fsp3) is 0.312. The highest BCUT2D eigenvalue weighted by Crippen LogP contribution is 2.30. The maximum atomic E-state index is 12.5. The van der Waals surface area contributed by atoms with Gasteiger partial charge >= 0.3 is 5.97 Å². The predicted octanol–water partition coefficient (Wildman–Crippen LogP) is 2.78. The molecule has 0 spiro atoms. The van der Waals surface area contributed by atoms with E-state index in [0.717, 1.165) is 11.1 Å². The van der Waals surface area contributed by atoms with Gasteiger partial charge in [0.1, 0.15) is 6.54 Å². The van der Waals surface area contributed by atoms with Crippen molar-refractivity contribution < 1.29 is 14.7 Å². The number of carboxylic acid groups (broad SMARTS) is 1. The molecule has 0 fully saturated rings. The summed E-state index contributed by atoms with van der Waals surface area (Å²) in [5.41, 5.74) is 2.52. The summed E-state index contributed by atoms with van der Waals surface area (Å²) in [6.45, 7) is 2.70. The molecule has 8 heteroatoms. The maximum Gasteiger partial charge on any atom is 0.356 e. The summed E-state index contributed by atoms with van der Waals surface area (Å²) in [6, 6.07) is 4.99. The highest BCUT2D eigenvalue weighted by molar-refractivity contribution is 6.35. The second kappa shape index (κ2) is 6.45. The number of hydrogen-bond acceptors (Lipinski definition) is 3. The van der Waals surface area contributed by atoms with Gasteiger partial charge < -0.3 is 10.0 Å². The Hall–Kier alpha value is -2.05. The lowest BCUT2D eigenvalue weighted by molar-refractivity contribution is -0.133. The van der Waals surface area contributed by atoms with E-state index in [9.17, 15) is 9.59 Å². The number of aromatic carboxylic acids is 1. The van der Waals surface area contributed by atoms with Gasteiger partial charge in [0.2, 0.25) is 5.91 Å². The van der Waals surface area contributed by atoms with Crippen LogP contribution in [0.4, 0.5) is 0 Å². The number of carbonyl (C=O) groups excluding carboxylic acids is 1. The molecule has 6 nitrogen and oxygen atoms in total. The van der Waals surface area contributed by atoms with Gasteiger partial charge in [-0.2, -0.15) is 5.10 Å². The third kappa shape index (κ3) is 3.25. The Kier molecular flexibility index (Phi) is 4.51. The molecule has 126 valence electrons. The van der Waals surface area contributed by atoms with Crippen LogP contribution in [0.5, 0.6) is 0 Å². The lowest BCUT2D eigenvalue weighted by Gasteiger charge is -2.29. The highest BCUT2D eigenvalue weighted by Gasteiger charge is 2.24. The number of nitrogens with zero attached hydrogens (tertiary/aromatic N) is 3. The molecule has 2 aromatic rings. The van der Waals surface area contributed by atoms with Crippen molar-refractivity contribution in [2.24, 2.45) is 0 Å². The summed E-state index contributed by atoms with van der Waals surface area (Å²) in [6.07, 6.45) is 0.680. The third-order valence-corrected chi connectivity index (χ3v) is 4.65. The summed E-state index contributed by atoms with van der Waals surface area (Å²) < 4.78 is 1.41. The highest BCUT2D eigenvalue weighted by atomic mass is 35.5. The molecule has 1 amide bonds. The maximum absolute atomic E-state index is 12.5. The molecule has 2 heterocycles. The first-order valence-corrected chi connectivity index (χ1v) is 8.13. The number of aryl methyl sites for hydroxylation is 1. The summed E-state index contributed by atoms with van der Waals surface area (Å²) in [5.74, 6) is -1.24. The Balaban J connectivity index is 1.76. The van der Waals surface area contributed by atoms with Crippen LogP contribution in [0, 0.1) is 6.92 Å². The monoisotopic (exact) mass is 367 g/mol. The summed E-state index contributed by atoms with van der Waals surface area (Å²) in [4.78, 5) is 25.2. The third-order valence-electron chi connectivity index (χ3n) is 4.09. The number of carbonyl (C=O) groups is 2. The normalized spacial score (nSPS) is 13.7. The van der Waals surface area contributed by atoms with Crippen molar-refractivity contribution in [3.63, 3.8) is 0 Å². The van der Waals surface area contributed by atoms with Gasteiger partial charge in [-0.1, -0.05) is 23.2 Å². The number of carboxylic acids is 1. The Morgan fingerprint density at radius 3 is 2.71 bits per heavy atom. The zero-order valence-electron chi connectivity index (χ0n) is 12.9. The van der Waals surface area contributed by atoms with Crippen LogP contribution < -0.4 is 0 Å². The molecule has 0 saturated carbocycles. The molecule has 1 aromatic heterocycles. The van der Waals surface area contributed by atoms with Crippen molar-refractivity contribution in [1.82, 2.24) is 14.7 Å². The van der Waals surface area contributed by atoms with Gasteiger partial charge in [0.15, 0.2) is 5.69 Å². The smallest absolute Gasteiger partial charge is 0.356 e. The minimum Gasteiger partial charge on any atom is -0.476 e. The molecule has 0 unspecified atom stereocenters. The molecule has 0 radical (unpaired) electrons. The van der Waals surface area contributed by atoms with Crippen molar-refractivity contribution >= 4 is 35.1 Å². The number of fused-ring (bicyclic) bond motifs is 1. The van der Waals surface area contributed by atoms with Gasteiger partial charge in [-0.25, -0.2) is 4.79 Å². The number of aromatic nitrogens is 2. The average Bonchev–Trinajstić information content (AvgIpc) is 2.88. The predicted molar refractivity (Wildman–Crippen MR) is 89.5 cm³/mol. The van der Waals surface area contributed by atoms with Crippen molar-refractivity contribution in [1.29, 1.82) is 0 Å². The van der Waals surface area contributed by atoms with E-state index in [0.29, 0.717) is 35.2 Å². The van der Waals surface area contributed by atoms with Gasteiger partial charge in [-0.05, 0) is 42.7 Å². The van der Waals surface area contributed by atoms with E-state index in [4.69, 9.17) is 28.3 Å². The SMILES string of the molecule is Cc1cc(C(=O)O)nn1CC(=O)N1CCc2cc(Cl)cc(Cl)c2C1. The van der Waals surface area contributed by atoms with Crippen LogP contribution in [-0.2, 0) is 24.3 Å². The lowest BCUT2D eigenvalue weighted by atomic mass is 9.99. The molecule has 1 aromatic carbocycles. The second-order valence-corrected chi connectivity index (χ2v) is 6.57. The molecule has 0 atom stereocenters. The van der Waals surface area contributed by atoms with Crippen molar-refractivity contribution in [3.05, 3.63) is 50.8 Å². The molecule has 1 aliphatic heterocycles. The molecule has 24 heavy (non-hydrogen) atoms. The molecule has 1 aliphatic rings. The zero-order valence-corrected chi connectivity index (χ0v) is 14.4. The molecule has 0 saturated heterocycles. The van der Waals surface area contributed by atoms with Crippen molar-refractivity contribution in [2.45, 2.75) is 26.4 Å². The van der Waals surface area contributed by atoms with E-state index in [2.05, 4.69) is 5.10 Å². The van der Waals surface area contributed by atoms with E-state index < -0.39 is 5.97 Å². The van der Waals surface area contributed by atoms with Crippen molar-refractivity contribution in [3.8, 4) is 0 Å². The average molecular weight is 368 g/mol.